The summed E-state index contributed by atoms with van der Waals surface area (Å²) in [5.74, 6) is -4.19. The fourth-order valence-corrected chi connectivity index (χ4v) is 1.04. The van der Waals surface area contributed by atoms with Gasteiger partial charge in [-0.15, -0.1) is 13.2 Å². The molecule has 1 aromatic rings. The van der Waals surface area contributed by atoms with Crippen molar-refractivity contribution in [3.63, 3.8) is 0 Å². The van der Waals surface area contributed by atoms with E-state index in [1.165, 1.54) is 0 Å². The van der Waals surface area contributed by atoms with Crippen molar-refractivity contribution in [2.45, 2.75) is 19.2 Å². The van der Waals surface area contributed by atoms with Crippen LogP contribution in [0.5, 0.6) is 5.88 Å². The molecule has 0 bridgehead atoms. The molecule has 0 aliphatic carbocycles. The smallest absolute Gasteiger partial charge is 0.387 e. The first kappa shape index (κ1) is 14.5. The third-order valence-corrected chi connectivity index (χ3v) is 1.69. The molecule has 0 unspecified atom stereocenters. The zero-order chi connectivity index (χ0) is 14.1. The van der Waals surface area contributed by atoms with E-state index in [9.17, 15) is 35.1 Å². The fourth-order valence-electron chi connectivity index (χ4n) is 1.04. The van der Waals surface area contributed by atoms with Crippen LogP contribution < -0.4 is 4.74 Å². The summed E-state index contributed by atoms with van der Waals surface area (Å²) in [4.78, 5) is 2.62. The Hall–Kier alpha value is -1.61. The molecule has 0 aliphatic heterocycles. The van der Waals surface area contributed by atoms with Gasteiger partial charge in [-0.05, 0) is 0 Å². The van der Waals surface area contributed by atoms with E-state index in [-0.39, 0.29) is 6.20 Å². The Kier molecular flexibility index (Phi) is 3.67. The van der Waals surface area contributed by atoms with Gasteiger partial charge in [0.25, 0.3) is 0 Å². The molecule has 0 atom stereocenters. The molecule has 0 fully saturated rings. The van der Waals surface area contributed by atoms with Gasteiger partial charge in [-0.3, -0.25) is 0 Å². The first-order valence-electron chi connectivity index (χ1n) is 4.12. The van der Waals surface area contributed by atoms with Gasteiger partial charge in [0.05, 0.1) is 0 Å². The molecular weight excluding hydrogens is 278 g/mol. The molecule has 18 heavy (non-hydrogen) atoms. The summed E-state index contributed by atoms with van der Waals surface area (Å²) in [6, 6.07) is 0. The molecule has 0 aliphatic rings. The Morgan fingerprint density at radius 2 is 1.67 bits per heavy atom. The third kappa shape index (κ3) is 3.20. The molecule has 2 nitrogen and oxygen atoms in total. The number of hydrogen-bond donors (Lipinski definition) is 0. The van der Waals surface area contributed by atoms with E-state index < -0.39 is 42.0 Å². The highest BCUT2D eigenvalue weighted by molar-refractivity contribution is 5.34. The number of rotatable bonds is 2. The second kappa shape index (κ2) is 4.58. The first-order chi connectivity index (χ1) is 8.06. The van der Waals surface area contributed by atoms with E-state index in [4.69, 9.17) is 0 Å². The average Bonchev–Trinajstić information content (AvgIpc) is 2.13. The zero-order valence-corrected chi connectivity index (χ0v) is 8.16. The molecule has 0 saturated heterocycles. The minimum atomic E-state index is -5.50. The minimum absolute atomic E-state index is 0.200. The van der Waals surface area contributed by atoms with Crippen molar-refractivity contribution >= 4 is 0 Å². The predicted octanol–water partition coefficient (Wildman–Crippen LogP) is 3.61. The van der Waals surface area contributed by atoms with Crippen LogP contribution in [-0.4, -0.2) is 11.3 Å². The van der Waals surface area contributed by atoms with Crippen molar-refractivity contribution in [2.75, 3.05) is 0 Å². The molecule has 0 spiro atoms. The molecule has 0 radical (unpaired) electrons. The molecule has 102 valence electrons. The van der Waals surface area contributed by atoms with E-state index in [1.54, 1.807) is 0 Å². The maximum absolute atomic E-state index is 13.2. The number of halogens is 8. The van der Waals surface area contributed by atoms with Crippen molar-refractivity contribution in [3.05, 3.63) is 23.1 Å². The van der Waals surface area contributed by atoms with Gasteiger partial charge in [0.1, 0.15) is 12.5 Å². The topological polar surface area (TPSA) is 22.1 Å². The number of pyridine rings is 1. The van der Waals surface area contributed by atoms with Crippen molar-refractivity contribution < 1.29 is 39.9 Å². The molecule has 1 heterocycles. The van der Waals surface area contributed by atoms with Gasteiger partial charge < -0.3 is 4.74 Å². The van der Waals surface area contributed by atoms with Crippen LogP contribution >= 0.6 is 0 Å². The molecule has 0 aromatic carbocycles. The van der Waals surface area contributed by atoms with Crippen molar-refractivity contribution in [1.29, 1.82) is 0 Å². The second-order valence-corrected chi connectivity index (χ2v) is 2.96. The van der Waals surface area contributed by atoms with Gasteiger partial charge in [-0.1, -0.05) is 0 Å². The lowest BCUT2D eigenvalue weighted by Crippen LogP contribution is -2.22. The number of hydrogen-bond acceptors (Lipinski definition) is 2. The Morgan fingerprint density at radius 1 is 1.11 bits per heavy atom. The van der Waals surface area contributed by atoms with E-state index in [2.05, 4.69) is 9.72 Å². The number of alkyl halides is 7. The summed E-state index contributed by atoms with van der Waals surface area (Å²) in [6.07, 6.45) is -10.8. The normalized spacial score (nSPS) is 12.7. The lowest BCUT2D eigenvalue weighted by atomic mass is 10.2. The summed E-state index contributed by atoms with van der Waals surface area (Å²) in [7, 11) is 0. The van der Waals surface area contributed by atoms with Crippen LogP contribution in [0.1, 0.15) is 11.1 Å². The van der Waals surface area contributed by atoms with Gasteiger partial charge in [0, 0.05) is 11.8 Å². The van der Waals surface area contributed by atoms with Crippen LogP contribution in [0.4, 0.5) is 35.1 Å². The van der Waals surface area contributed by atoms with Crippen molar-refractivity contribution in [3.8, 4) is 5.88 Å². The second-order valence-electron chi connectivity index (χ2n) is 2.96. The number of aromatic nitrogens is 1. The maximum Gasteiger partial charge on any atom is 0.574 e. The standard InChI is InChI=1S/C8H3F8NO/c9-1-3-2-17-6(18-8(14,15)16)4(5(3)10)7(11,12)13/h2H,1H2. The van der Waals surface area contributed by atoms with Crippen LogP contribution in [0.25, 0.3) is 0 Å². The Labute approximate surface area is 94.2 Å². The zero-order valence-electron chi connectivity index (χ0n) is 8.16. The Bertz CT molecular complexity index is 438. The van der Waals surface area contributed by atoms with E-state index in [1.807, 2.05) is 0 Å². The molecule has 10 heteroatoms. The molecular formula is C8H3F8NO. The monoisotopic (exact) mass is 281 g/mol. The average molecular weight is 281 g/mol. The van der Waals surface area contributed by atoms with Crippen LogP contribution in [0, 0.1) is 5.82 Å². The lowest BCUT2D eigenvalue weighted by molar-refractivity contribution is -0.278. The highest BCUT2D eigenvalue weighted by Gasteiger charge is 2.43. The summed E-state index contributed by atoms with van der Waals surface area (Å²) in [5.41, 5.74) is -3.51. The number of nitrogens with zero attached hydrogens (tertiary/aromatic N) is 1. The van der Waals surface area contributed by atoms with Crippen LogP contribution in [0.15, 0.2) is 6.20 Å². The van der Waals surface area contributed by atoms with Crippen molar-refractivity contribution in [1.82, 2.24) is 4.98 Å². The summed E-state index contributed by atoms with van der Waals surface area (Å²) < 4.78 is 101. The van der Waals surface area contributed by atoms with Gasteiger partial charge >= 0.3 is 12.5 Å². The van der Waals surface area contributed by atoms with Crippen LogP contribution in [-0.2, 0) is 12.9 Å². The molecule has 0 saturated carbocycles. The SMILES string of the molecule is FCc1cnc(OC(F)(F)F)c(C(F)(F)F)c1F. The number of ether oxygens (including phenoxy) is 1. The summed E-state index contributed by atoms with van der Waals surface area (Å²) in [5, 5.41) is 0. The predicted molar refractivity (Wildman–Crippen MR) is 40.7 cm³/mol. The van der Waals surface area contributed by atoms with Gasteiger partial charge in [0.15, 0.2) is 5.56 Å². The Morgan fingerprint density at radius 3 is 2.06 bits per heavy atom. The van der Waals surface area contributed by atoms with E-state index in [0.29, 0.717) is 0 Å². The highest BCUT2D eigenvalue weighted by atomic mass is 19.4. The summed E-state index contributed by atoms with van der Waals surface area (Å²) in [6.45, 7) is -1.64. The highest BCUT2D eigenvalue weighted by Crippen LogP contribution is 2.39. The summed E-state index contributed by atoms with van der Waals surface area (Å²) >= 11 is 0. The quantitative estimate of drug-likeness (QED) is 0.772. The van der Waals surface area contributed by atoms with Gasteiger partial charge in [-0.2, -0.15) is 13.2 Å². The third-order valence-electron chi connectivity index (χ3n) is 1.69. The van der Waals surface area contributed by atoms with Gasteiger partial charge in [-0.25, -0.2) is 13.8 Å². The van der Waals surface area contributed by atoms with E-state index in [0.717, 1.165) is 0 Å². The maximum atomic E-state index is 13.2. The first-order valence-corrected chi connectivity index (χ1v) is 4.12. The minimum Gasteiger partial charge on any atom is -0.387 e. The van der Waals surface area contributed by atoms with E-state index >= 15 is 0 Å². The Balaban J connectivity index is 3.39. The molecule has 1 rings (SSSR count). The lowest BCUT2D eigenvalue weighted by Gasteiger charge is -2.15. The largest absolute Gasteiger partial charge is 0.574 e. The molecule has 0 N–H and O–H groups in total. The van der Waals surface area contributed by atoms with Crippen LogP contribution in [0.3, 0.4) is 0 Å². The molecule has 1 aromatic heterocycles. The van der Waals surface area contributed by atoms with Crippen molar-refractivity contribution in [2.24, 2.45) is 0 Å². The fraction of sp³-hybridized carbons (Fsp3) is 0.375. The van der Waals surface area contributed by atoms with Crippen LogP contribution in [0.2, 0.25) is 0 Å². The van der Waals surface area contributed by atoms with Gasteiger partial charge in [0.2, 0.25) is 5.88 Å². The molecule has 0 amide bonds.